The summed E-state index contributed by atoms with van der Waals surface area (Å²) in [5.74, 6) is 0.728. The van der Waals surface area contributed by atoms with E-state index in [0.29, 0.717) is 24.3 Å². The predicted octanol–water partition coefficient (Wildman–Crippen LogP) is 3.31. The molecule has 1 aromatic heterocycles. The van der Waals surface area contributed by atoms with E-state index in [4.69, 9.17) is 4.74 Å². The molecule has 0 amide bonds. The second-order valence-corrected chi connectivity index (χ2v) is 4.26. The summed E-state index contributed by atoms with van der Waals surface area (Å²) in [5, 5.41) is 1.93. The second-order valence-electron chi connectivity index (χ2n) is 3.54. The fourth-order valence-electron chi connectivity index (χ4n) is 1.47. The van der Waals surface area contributed by atoms with Gasteiger partial charge in [-0.3, -0.25) is 4.79 Å². The van der Waals surface area contributed by atoms with Gasteiger partial charge in [-0.2, -0.15) is 0 Å². The van der Waals surface area contributed by atoms with Gasteiger partial charge in [0.1, 0.15) is 12.4 Å². The highest BCUT2D eigenvalue weighted by Crippen LogP contribution is 2.20. The first kappa shape index (κ1) is 11.8. The van der Waals surface area contributed by atoms with Gasteiger partial charge in [0.2, 0.25) is 0 Å². The standard InChI is InChI=1S/C13H13NO2S/c1-2-12(15)11-5-3-4-6-13(11)16-7-10-8-17-9-14-10/h3-6,8-9H,2,7H2,1H3. The summed E-state index contributed by atoms with van der Waals surface area (Å²) in [6.07, 6.45) is 0.483. The number of ether oxygens (including phenoxy) is 1. The van der Waals surface area contributed by atoms with Crippen LogP contribution < -0.4 is 4.74 Å². The Morgan fingerprint density at radius 2 is 2.24 bits per heavy atom. The maximum absolute atomic E-state index is 11.7. The number of rotatable bonds is 5. The van der Waals surface area contributed by atoms with Crippen LogP contribution in [0.3, 0.4) is 0 Å². The van der Waals surface area contributed by atoms with Crippen molar-refractivity contribution in [3.8, 4) is 5.75 Å². The van der Waals surface area contributed by atoms with Gasteiger partial charge in [0, 0.05) is 11.8 Å². The van der Waals surface area contributed by atoms with E-state index >= 15 is 0 Å². The summed E-state index contributed by atoms with van der Waals surface area (Å²) in [7, 11) is 0. The Kier molecular flexibility index (Phi) is 3.88. The molecule has 0 fully saturated rings. The van der Waals surface area contributed by atoms with Gasteiger partial charge in [-0.1, -0.05) is 19.1 Å². The Morgan fingerprint density at radius 3 is 2.94 bits per heavy atom. The molecule has 17 heavy (non-hydrogen) atoms. The summed E-state index contributed by atoms with van der Waals surface area (Å²) >= 11 is 1.53. The molecule has 0 radical (unpaired) electrons. The highest BCUT2D eigenvalue weighted by molar-refractivity contribution is 7.07. The summed E-state index contributed by atoms with van der Waals surface area (Å²) < 4.78 is 5.63. The van der Waals surface area contributed by atoms with Crippen LogP contribution in [0, 0.1) is 0 Å². The fraction of sp³-hybridized carbons (Fsp3) is 0.231. The maximum atomic E-state index is 11.7. The SMILES string of the molecule is CCC(=O)c1ccccc1OCc1cscn1. The summed E-state index contributed by atoms with van der Waals surface area (Å²) in [5.41, 5.74) is 3.29. The number of nitrogens with zero attached hydrogens (tertiary/aromatic N) is 1. The number of para-hydroxylation sites is 1. The Balaban J connectivity index is 2.12. The van der Waals surface area contributed by atoms with Crippen molar-refractivity contribution in [1.82, 2.24) is 4.98 Å². The van der Waals surface area contributed by atoms with Crippen molar-refractivity contribution in [3.63, 3.8) is 0 Å². The molecule has 0 N–H and O–H groups in total. The van der Waals surface area contributed by atoms with Gasteiger partial charge in [0.15, 0.2) is 5.78 Å². The van der Waals surface area contributed by atoms with Crippen molar-refractivity contribution < 1.29 is 9.53 Å². The minimum absolute atomic E-state index is 0.0962. The van der Waals surface area contributed by atoms with Crippen LogP contribution in [0.25, 0.3) is 0 Å². The Labute approximate surface area is 104 Å². The fourth-order valence-corrected chi connectivity index (χ4v) is 2.02. The molecule has 2 rings (SSSR count). The largest absolute Gasteiger partial charge is 0.487 e. The number of benzene rings is 1. The Bertz CT molecular complexity index is 494. The lowest BCUT2D eigenvalue weighted by molar-refractivity contribution is 0.0983. The van der Waals surface area contributed by atoms with Crippen molar-refractivity contribution in [1.29, 1.82) is 0 Å². The summed E-state index contributed by atoms with van der Waals surface area (Å²) in [4.78, 5) is 15.8. The number of ketones is 1. The molecule has 2 aromatic rings. The van der Waals surface area contributed by atoms with Gasteiger partial charge in [0.05, 0.1) is 16.8 Å². The minimum Gasteiger partial charge on any atom is -0.487 e. The first-order valence-electron chi connectivity index (χ1n) is 5.43. The molecule has 1 heterocycles. The van der Waals surface area contributed by atoms with E-state index in [0.717, 1.165) is 5.69 Å². The molecule has 0 saturated heterocycles. The zero-order chi connectivity index (χ0) is 12.1. The van der Waals surface area contributed by atoms with Crippen LogP contribution in [0.5, 0.6) is 5.75 Å². The molecule has 0 unspecified atom stereocenters. The number of hydrogen-bond donors (Lipinski definition) is 0. The van der Waals surface area contributed by atoms with Crippen LogP contribution >= 0.6 is 11.3 Å². The van der Waals surface area contributed by atoms with E-state index in [1.807, 2.05) is 30.5 Å². The van der Waals surface area contributed by atoms with E-state index in [-0.39, 0.29) is 5.78 Å². The van der Waals surface area contributed by atoms with E-state index in [1.54, 1.807) is 11.6 Å². The summed E-state index contributed by atoms with van der Waals surface area (Å²) in [6, 6.07) is 7.32. The van der Waals surface area contributed by atoms with Crippen LogP contribution in [-0.2, 0) is 6.61 Å². The molecule has 88 valence electrons. The molecule has 0 atom stereocenters. The highest BCUT2D eigenvalue weighted by Gasteiger charge is 2.10. The maximum Gasteiger partial charge on any atom is 0.166 e. The lowest BCUT2D eigenvalue weighted by atomic mass is 10.1. The average Bonchev–Trinajstić information content (AvgIpc) is 2.89. The molecule has 0 aliphatic rings. The molecule has 0 saturated carbocycles. The highest BCUT2D eigenvalue weighted by atomic mass is 32.1. The van der Waals surface area contributed by atoms with Crippen LogP contribution in [0.2, 0.25) is 0 Å². The van der Waals surface area contributed by atoms with E-state index in [9.17, 15) is 4.79 Å². The third kappa shape index (κ3) is 2.91. The van der Waals surface area contributed by atoms with Gasteiger partial charge in [-0.25, -0.2) is 4.98 Å². The van der Waals surface area contributed by atoms with Crippen LogP contribution in [0.15, 0.2) is 35.2 Å². The Morgan fingerprint density at radius 1 is 1.41 bits per heavy atom. The topological polar surface area (TPSA) is 39.2 Å². The average molecular weight is 247 g/mol. The number of aromatic nitrogens is 1. The molecule has 4 heteroatoms. The van der Waals surface area contributed by atoms with Crippen LogP contribution in [0.1, 0.15) is 29.4 Å². The van der Waals surface area contributed by atoms with E-state index in [1.165, 1.54) is 11.3 Å². The number of carbonyl (C=O) groups is 1. The molecule has 0 aliphatic heterocycles. The monoisotopic (exact) mass is 247 g/mol. The van der Waals surface area contributed by atoms with Crippen LogP contribution in [0.4, 0.5) is 0 Å². The van der Waals surface area contributed by atoms with Crippen molar-refractivity contribution in [3.05, 3.63) is 46.4 Å². The zero-order valence-electron chi connectivity index (χ0n) is 9.55. The molecule has 0 bridgehead atoms. The number of Topliss-reactive ketones (excluding diaryl/α,β-unsaturated/α-hetero) is 1. The van der Waals surface area contributed by atoms with Gasteiger partial charge >= 0.3 is 0 Å². The van der Waals surface area contributed by atoms with E-state index < -0.39 is 0 Å². The number of carbonyl (C=O) groups excluding carboxylic acids is 1. The molecule has 0 spiro atoms. The smallest absolute Gasteiger partial charge is 0.166 e. The number of thiazole rings is 1. The van der Waals surface area contributed by atoms with Gasteiger partial charge in [-0.05, 0) is 12.1 Å². The lowest BCUT2D eigenvalue weighted by Crippen LogP contribution is -2.03. The lowest BCUT2D eigenvalue weighted by Gasteiger charge is -2.08. The van der Waals surface area contributed by atoms with Crippen molar-refractivity contribution in [2.75, 3.05) is 0 Å². The minimum atomic E-state index is 0.0962. The first-order valence-corrected chi connectivity index (χ1v) is 6.37. The predicted molar refractivity (Wildman–Crippen MR) is 67.5 cm³/mol. The zero-order valence-corrected chi connectivity index (χ0v) is 10.4. The Hall–Kier alpha value is -1.68. The van der Waals surface area contributed by atoms with Crippen molar-refractivity contribution in [2.45, 2.75) is 20.0 Å². The summed E-state index contributed by atoms with van der Waals surface area (Å²) in [6.45, 7) is 2.25. The molecular weight excluding hydrogens is 234 g/mol. The van der Waals surface area contributed by atoms with Gasteiger partial charge in [-0.15, -0.1) is 11.3 Å². The normalized spacial score (nSPS) is 10.2. The first-order chi connectivity index (χ1) is 8.31. The van der Waals surface area contributed by atoms with Crippen LogP contribution in [-0.4, -0.2) is 10.8 Å². The second kappa shape index (κ2) is 5.59. The quantitative estimate of drug-likeness (QED) is 0.761. The number of hydrogen-bond acceptors (Lipinski definition) is 4. The van der Waals surface area contributed by atoms with Crippen molar-refractivity contribution >= 4 is 17.1 Å². The van der Waals surface area contributed by atoms with Gasteiger partial charge < -0.3 is 4.74 Å². The molecule has 1 aromatic carbocycles. The third-order valence-corrected chi connectivity index (χ3v) is 3.00. The third-order valence-electron chi connectivity index (χ3n) is 2.37. The molecule has 3 nitrogen and oxygen atoms in total. The molecular formula is C13H13NO2S. The van der Waals surface area contributed by atoms with Gasteiger partial charge in [0.25, 0.3) is 0 Å². The molecule has 0 aliphatic carbocycles. The van der Waals surface area contributed by atoms with Crippen molar-refractivity contribution in [2.24, 2.45) is 0 Å². The van der Waals surface area contributed by atoms with E-state index in [2.05, 4.69) is 4.98 Å².